The summed E-state index contributed by atoms with van der Waals surface area (Å²) in [5.74, 6) is 7.95. The Balaban J connectivity index is 1.23. The van der Waals surface area contributed by atoms with E-state index < -0.39 is 0 Å². The van der Waals surface area contributed by atoms with Gasteiger partial charge in [0, 0.05) is 18.7 Å². The van der Waals surface area contributed by atoms with E-state index in [2.05, 4.69) is 53.4 Å². The Kier molecular flexibility index (Phi) is 10.4. The van der Waals surface area contributed by atoms with Crippen LogP contribution in [0.25, 0.3) is 0 Å². The molecule has 0 aromatic rings. The summed E-state index contributed by atoms with van der Waals surface area (Å²) in [4.78, 5) is 3.19. The molecule has 0 bridgehead atoms. The van der Waals surface area contributed by atoms with E-state index in [4.69, 9.17) is 4.74 Å². The van der Waals surface area contributed by atoms with Crippen LogP contribution in [0.15, 0.2) is 0 Å². The van der Waals surface area contributed by atoms with E-state index in [9.17, 15) is 0 Å². The normalized spacial score (nSPS) is 40.3. The first-order chi connectivity index (χ1) is 19.1. The van der Waals surface area contributed by atoms with E-state index in [-0.39, 0.29) is 5.60 Å². The minimum absolute atomic E-state index is 0.0189. The smallest absolute Gasteiger partial charge is 0.0598 e. The van der Waals surface area contributed by atoms with Crippen LogP contribution in [0.4, 0.5) is 0 Å². The van der Waals surface area contributed by atoms with Crippen molar-refractivity contribution in [2.24, 2.45) is 52.8 Å². The molecule has 0 amide bonds. The topological polar surface area (TPSA) is 12.5 Å². The molecular weight excluding hydrogens is 486 g/mol. The first-order valence-corrected chi connectivity index (χ1v) is 18.5. The Bertz CT molecular complexity index is 783. The lowest BCUT2D eigenvalue weighted by Gasteiger charge is -2.48. The maximum absolute atomic E-state index is 5.94. The van der Waals surface area contributed by atoms with Crippen LogP contribution in [0.2, 0.25) is 0 Å². The predicted molar refractivity (Wildman–Crippen MR) is 172 cm³/mol. The van der Waals surface area contributed by atoms with Gasteiger partial charge in [-0.1, -0.05) is 79.1 Å². The van der Waals surface area contributed by atoms with Crippen molar-refractivity contribution in [2.75, 3.05) is 13.2 Å². The molecule has 10 atom stereocenters. The van der Waals surface area contributed by atoms with Crippen molar-refractivity contribution in [2.45, 2.75) is 175 Å². The third kappa shape index (κ3) is 6.69. The first-order valence-electron chi connectivity index (χ1n) is 18.5. The van der Waals surface area contributed by atoms with Gasteiger partial charge in [-0.05, 0) is 138 Å². The zero-order chi connectivity index (χ0) is 28.5. The van der Waals surface area contributed by atoms with E-state index in [0.29, 0.717) is 5.41 Å². The highest BCUT2D eigenvalue weighted by Crippen LogP contribution is 2.66. The molecule has 5 rings (SSSR count). The standard InChI is InChI=1S/C38H69NO/c1-8-9-23-39-33-22-19-27(2)25-32(33)34-35(30-17-13-14-18-31(30)36(34)39)38(6,7)29-21-20-28(26-29)16-12-10-11-15-24-40-37(3,4)5/h27-36H,8-26H2,1-7H3. The molecule has 0 aromatic carbocycles. The number of rotatable bonds is 12. The summed E-state index contributed by atoms with van der Waals surface area (Å²) in [6, 6.07) is 1.85. The number of fused-ring (bicyclic) bond motifs is 5. The van der Waals surface area contributed by atoms with Crippen LogP contribution in [0.3, 0.4) is 0 Å². The van der Waals surface area contributed by atoms with Crippen molar-refractivity contribution >= 4 is 0 Å². The predicted octanol–water partition coefficient (Wildman–Crippen LogP) is 10.5. The Morgan fingerprint density at radius 2 is 1.50 bits per heavy atom. The molecule has 10 unspecified atom stereocenters. The Labute approximate surface area is 250 Å². The number of hydrogen-bond donors (Lipinski definition) is 0. The van der Waals surface area contributed by atoms with Crippen molar-refractivity contribution in [3.05, 3.63) is 0 Å². The molecule has 1 aliphatic heterocycles. The van der Waals surface area contributed by atoms with Crippen molar-refractivity contribution in [3.8, 4) is 0 Å². The number of nitrogens with zero attached hydrogens (tertiary/aromatic N) is 1. The average molecular weight is 556 g/mol. The molecular formula is C38H69NO. The number of hydrogen-bond acceptors (Lipinski definition) is 2. The minimum atomic E-state index is 0.0189. The van der Waals surface area contributed by atoms with Gasteiger partial charge < -0.3 is 4.74 Å². The maximum Gasteiger partial charge on any atom is 0.0598 e. The van der Waals surface area contributed by atoms with Crippen molar-refractivity contribution in [1.82, 2.24) is 4.90 Å². The van der Waals surface area contributed by atoms with E-state index in [1.807, 2.05) is 0 Å². The fraction of sp³-hybridized carbons (Fsp3) is 1.00. The molecule has 232 valence electrons. The zero-order valence-electron chi connectivity index (χ0n) is 28.1. The molecule has 4 saturated carbocycles. The molecule has 40 heavy (non-hydrogen) atoms. The zero-order valence-corrected chi connectivity index (χ0v) is 28.1. The summed E-state index contributed by atoms with van der Waals surface area (Å²) < 4.78 is 5.94. The van der Waals surface area contributed by atoms with E-state index in [1.165, 1.54) is 103 Å². The highest BCUT2D eigenvalue weighted by atomic mass is 16.5. The van der Waals surface area contributed by atoms with Crippen molar-refractivity contribution in [3.63, 3.8) is 0 Å². The molecule has 2 heteroatoms. The Morgan fingerprint density at radius 3 is 2.25 bits per heavy atom. The van der Waals surface area contributed by atoms with Crippen LogP contribution in [0, 0.1) is 52.8 Å². The number of likely N-dealkylation sites (tertiary alicyclic amines) is 1. The second-order valence-corrected chi connectivity index (χ2v) is 17.3. The molecule has 0 radical (unpaired) electrons. The van der Waals surface area contributed by atoms with Gasteiger partial charge in [0.25, 0.3) is 0 Å². The summed E-state index contributed by atoms with van der Waals surface area (Å²) >= 11 is 0. The monoisotopic (exact) mass is 556 g/mol. The molecule has 0 spiro atoms. The molecule has 5 fully saturated rings. The van der Waals surface area contributed by atoms with Gasteiger partial charge in [-0.25, -0.2) is 0 Å². The molecule has 4 aliphatic carbocycles. The van der Waals surface area contributed by atoms with Crippen molar-refractivity contribution in [1.29, 1.82) is 0 Å². The molecule has 2 nitrogen and oxygen atoms in total. The summed E-state index contributed by atoms with van der Waals surface area (Å²) in [5, 5.41) is 0. The maximum atomic E-state index is 5.94. The summed E-state index contributed by atoms with van der Waals surface area (Å²) in [6.45, 7) is 19.4. The summed E-state index contributed by atoms with van der Waals surface area (Å²) in [6.07, 6.45) is 24.9. The van der Waals surface area contributed by atoms with Crippen LogP contribution in [-0.2, 0) is 4.74 Å². The van der Waals surface area contributed by atoms with Gasteiger partial charge >= 0.3 is 0 Å². The van der Waals surface area contributed by atoms with Gasteiger partial charge in [0.05, 0.1) is 5.60 Å². The highest BCUT2D eigenvalue weighted by molar-refractivity contribution is 5.16. The minimum Gasteiger partial charge on any atom is -0.376 e. The third-order valence-electron chi connectivity index (χ3n) is 13.3. The second kappa shape index (κ2) is 13.3. The molecule has 1 saturated heterocycles. The van der Waals surface area contributed by atoms with Gasteiger partial charge in [-0.2, -0.15) is 0 Å². The largest absolute Gasteiger partial charge is 0.376 e. The fourth-order valence-corrected chi connectivity index (χ4v) is 11.5. The fourth-order valence-electron chi connectivity index (χ4n) is 11.5. The lowest BCUT2D eigenvalue weighted by Crippen LogP contribution is -2.45. The first kappa shape index (κ1) is 31.3. The van der Waals surface area contributed by atoms with E-state index in [0.717, 1.165) is 66.0 Å². The number of unbranched alkanes of at least 4 members (excludes halogenated alkanes) is 4. The lowest BCUT2D eigenvalue weighted by atomic mass is 9.57. The van der Waals surface area contributed by atoms with Crippen LogP contribution in [-0.4, -0.2) is 35.7 Å². The second-order valence-electron chi connectivity index (χ2n) is 17.3. The molecule has 0 N–H and O–H groups in total. The molecule has 1 heterocycles. The Hall–Kier alpha value is -0.0800. The van der Waals surface area contributed by atoms with Gasteiger partial charge in [0.15, 0.2) is 0 Å². The quantitative estimate of drug-likeness (QED) is 0.222. The van der Waals surface area contributed by atoms with Gasteiger partial charge in [0.1, 0.15) is 0 Å². The van der Waals surface area contributed by atoms with Crippen molar-refractivity contribution < 1.29 is 4.74 Å². The summed E-state index contributed by atoms with van der Waals surface area (Å²) in [7, 11) is 0. The van der Waals surface area contributed by atoms with E-state index in [1.54, 1.807) is 12.8 Å². The van der Waals surface area contributed by atoms with Gasteiger partial charge in [-0.15, -0.1) is 0 Å². The van der Waals surface area contributed by atoms with E-state index >= 15 is 0 Å². The average Bonchev–Trinajstić information content (AvgIpc) is 3.59. The highest BCUT2D eigenvalue weighted by Gasteiger charge is 2.65. The summed E-state index contributed by atoms with van der Waals surface area (Å²) in [5.41, 5.74) is 0.537. The lowest BCUT2D eigenvalue weighted by molar-refractivity contribution is -0.00478. The van der Waals surface area contributed by atoms with Crippen LogP contribution < -0.4 is 0 Å². The van der Waals surface area contributed by atoms with Crippen LogP contribution in [0.1, 0.15) is 158 Å². The number of ether oxygens (including phenoxy) is 1. The third-order valence-corrected chi connectivity index (χ3v) is 13.3. The SMILES string of the molecule is CCCCN1C2CCC(C)CC2C2C1C1CCCCC1C2C(C)(C)C1CCC(CCCCCCOC(C)(C)C)C1. The van der Waals surface area contributed by atoms with Gasteiger partial charge in [-0.3, -0.25) is 4.90 Å². The Morgan fingerprint density at radius 1 is 0.750 bits per heavy atom. The molecule has 5 aliphatic rings. The van der Waals surface area contributed by atoms with Gasteiger partial charge in [0.2, 0.25) is 0 Å². The van der Waals surface area contributed by atoms with Crippen LogP contribution >= 0.6 is 0 Å². The molecule has 0 aromatic heterocycles. The van der Waals surface area contributed by atoms with Crippen LogP contribution in [0.5, 0.6) is 0 Å².